The molecule has 200 valence electrons. The fourth-order valence-corrected chi connectivity index (χ4v) is 5.40. The maximum absolute atomic E-state index is 13.0. The topological polar surface area (TPSA) is 93.0 Å². The number of carbonyl (C=O) groups excluding carboxylic acids is 1. The van der Waals surface area contributed by atoms with Crippen molar-refractivity contribution in [3.05, 3.63) is 42.0 Å². The Kier molecular flexibility index (Phi) is 9.33. The van der Waals surface area contributed by atoms with Crippen molar-refractivity contribution in [1.82, 2.24) is 4.98 Å². The number of fused-ring (bicyclic) bond motifs is 3. The van der Waals surface area contributed by atoms with Gasteiger partial charge in [0, 0.05) is 17.7 Å². The molecule has 2 unspecified atom stereocenters. The first-order chi connectivity index (χ1) is 17.8. The third-order valence-corrected chi connectivity index (χ3v) is 7.02. The zero-order chi connectivity index (χ0) is 26.3. The van der Waals surface area contributed by atoms with Crippen molar-refractivity contribution >= 4 is 34.2 Å². The number of nitrogens with one attached hydrogen (secondary N) is 1. The minimum absolute atomic E-state index is 0.234. The van der Waals surface area contributed by atoms with E-state index in [1.54, 1.807) is 0 Å². The second kappa shape index (κ2) is 12.7. The van der Waals surface area contributed by atoms with E-state index in [0.29, 0.717) is 31.1 Å². The number of nitrogens with zero attached hydrogens (tertiary/aromatic N) is 2. The quantitative estimate of drug-likeness (QED) is 0.398. The Hall–Kier alpha value is -2.77. The molecule has 4 rings (SSSR count). The number of allylic oxidation sites excluding steroid dienone is 1. The average molecular weight is 508 g/mol. The number of carbonyl (C=O) groups is 1. The average Bonchev–Trinajstić information content (AvgIpc) is 2.81. The molecule has 1 aliphatic carbocycles. The van der Waals surface area contributed by atoms with Crippen molar-refractivity contribution in [2.75, 3.05) is 18.5 Å². The van der Waals surface area contributed by atoms with Crippen LogP contribution in [0.3, 0.4) is 0 Å². The number of hydrogen-bond donors (Lipinski definition) is 2. The molecule has 37 heavy (non-hydrogen) atoms. The molecule has 0 bridgehead atoms. The summed E-state index contributed by atoms with van der Waals surface area (Å²) in [6.45, 7) is 6.68. The molecule has 2 aromatic rings. The van der Waals surface area contributed by atoms with Gasteiger partial charge in [0.25, 0.3) is 0 Å². The normalized spacial score (nSPS) is 23.0. The Morgan fingerprint density at radius 3 is 2.84 bits per heavy atom. The van der Waals surface area contributed by atoms with E-state index in [1.165, 1.54) is 6.42 Å². The zero-order valence-electron chi connectivity index (χ0n) is 22.5. The lowest BCUT2D eigenvalue weighted by Crippen LogP contribution is -2.27. The van der Waals surface area contributed by atoms with Gasteiger partial charge in [-0.05, 0) is 95.8 Å². The smallest absolute Gasteiger partial charge is 0.413 e. The molecule has 1 aromatic heterocycles. The van der Waals surface area contributed by atoms with Crippen LogP contribution in [0.5, 0.6) is 0 Å². The minimum Gasteiger partial charge on any atom is -0.442 e. The molecule has 1 amide bonds. The summed E-state index contributed by atoms with van der Waals surface area (Å²) in [7, 11) is 0. The van der Waals surface area contributed by atoms with Crippen LogP contribution in [-0.4, -0.2) is 46.8 Å². The standard InChI is InChI=1S/C30H41N3O4/c1-4-36-20-22-18-21(19-30(2,3)35)16-17-25-24-14-10-11-15-26(24)32-28(27(25)31-22)33-29(34)37-23-12-8-6-5-7-9-13-23/h8,10-12,14-15,21,23,35H,4-7,9,13,16-20H2,1-3H3,(H,32,33,34)/b12-8+,31-22+. The summed E-state index contributed by atoms with van der Waals surface area (Å²) < 4.78 is 11.5. The van der Waals surface area contributed by atoms with Gasteiger partial charge in [0.05, 0.1) is 17.7 Å². The van der Waals surface area contributed by atoms with Crippen molar-refractivity contribution in [3.63, 3.8) is 0 Å². The molecule has 0 radical (unpaired) electrons. The summed E-state index contributed by atoms with van der Waals surface area (Å²) in [5.74, 6) is 0.690. The number of aliphatic hydroxyl groups is 1. The third-order valence-electron chi connectivity index (χ3n) is 7.02. The first-order valence-electron chi connectivity index (χ1n) is 13.7. The van der Waals surface area contributed by atoms with E-state index >= 15 is 0 Å². The van der Waals surface area contributed by atoms with Crippen LogP contribution in [0.1, 0.15) is 77.7 Å². The van der Waals surface area contributed by atoms with Crippen LogP contribution in [0.15, 0.2) is 41.4 Å². The molecule has 1 aliphatic heterocycles. The van der Waals surface area contributed by atoms with Crippen molar-refractivity contribution in [1.29, 1.82) is 0 Å². The number of aryl methyl sites for hydroxylation is 1. The maximum atomic E-state index is 13.0. The summed E-state index contributed by atoms with van der Waals surface area (Å²) >= 11 is 0. The highest BCUT2D eigenvalue weighted by Crippen LogP contribution is 2.39. The molecule has 0 spiro atoms. The number of anilines is 1. The van der Waals surface area contributed by atoms with Gasteiger partial charge in [-0.25, -0.2) is 9.78 Å². The molecule has 0 saturated carbocycles. The third kappa shape index (κ3) is 7.86. The predicted molar refractivity (Wildman–Crippen MR) is 149 cm³/mol. The number of aromatic nitrogens is 1. The summed E-state index contributed by atoms with van der Waals surface area (Å²) in [4.78, 5) is 22.9. The number of amides is 1. The van der Waals surface area contributed by atoms with E-state index in [4.69, 9.17) is 19.5 Å². The number of pyridine rings is 1. The van der Waals surface area contributed by atoms with Gasteiger partial charge in [0.15, 0.2) is 5.82 Å². The van der Waals surface area contributed by atoms with Gasteiger partial charge in [-0.2, -0.15) is 0 Å². The first-order valence-corrected chi connectivity index (χ1v) is 13.7. The van der Waals surface area contributed by atoms with Crippen LogP contribution in [0.25, 0.3) is 10.9 Å². The number of hydrogen-bond acceptors (Lipinski definition) is 6. The second-order valence-electron chi connectivity index (χ2n) is 10.9. The van der Waals surface area contributed by atoms with Crippen molar-refractivity contribution in [2.24, 2.45) is 10.9 Å². The molecule has 2 aliphatic rings. The Bertz CT molecular complexity index is 1140. The number of para-hydroxylation sites is 1. The van der Waals surface area contributed by atoms with E-state index in [0.717, 1.165) is 67.1 Å². The Morgan fingerprint density at radius 1 is 1.19 bits per heavy atom. The Morgan fingerprint density at radius 2 is 2.03 bits per heavy atom. The lowest BCUT2D eigenvalue weighted by molar-refractivity contribution is 0.0518. The summed E-state index contributed by atoms with van der Waals surface area (Å²) in [6, 6.07) is 7.98. The summed E-state index contributed by atoms with van der Waals surface area (Å²) in [5, 5.41) is 14.5. The van der Waals surface area contributed by atoms with Crippen LogP contribution in [0, 0.1) is 5.92 Å². The Balaban J connectivity index is 1.69. The SMILES string of the molecule is CCOC/C1=N/c2c(NC(=O)OC3/C=C/CCCCC3)nc3ccccc3c2CCC(CC(C)(C)O)C1. The van der Waals surface area contributed by atoms with E-state index in [-0.39, 0.29) is 12.0 Å². The molecular formula is C30H41N3O4. The molecule has 2 atom stereocenters. The van der Waals surface area contributed by atoms with Crippen molar-refractivity contribution in [2.45, 2.75) is 90.3 Å². The van der Waals surface area contributed by atoms with E-state index < -0.39 is 11.7 Å². The number of benzene rings is 1. The van der Waals surface area contributed by atoms with Crippen LogP contribution in [0.2, 0.25) is 0 Å². The van der Waals surface area contributed by atoms with Crippen LogP contribution in [0.4, 0.5) is 16.3 Å². The molecule has 1 aromatic carbocycles. The van der Waals surface area contributed by atoms with E-state index in [1.807, 2.05) is 45.0 Å². The van der Waals surface area contributed by atoms with Gasteiger partial charge in [-0.15, -0.1) is 0 Å². The number of rotatable bonds is 7. The van der Waals surface area contributed by atoms with Gasteiger partial charge in [0.2, 0.25) is 0 Å². The van der Waals surface area contributed by atoms with E-state index in [2.05, 4.69) is 17.5 Å². The van der Waals surface area contributed by atoms with Gasteiger partial charge >= 0.3 is 6.09 Å². The lowest BCUT2D eigenvalue weighted by Gasteiger charge is -2.28. The monoisotopic (exact) mass is 507 g/mol. The van der Waals surface area contributed by atoms with Gasteiger partial charge in [-0.1, -0.05) is 30.7 Å². The second-order valence-corrected chi connectivity index (χ2v) is 10.9. The molecule has 2 N–H and O–H groups in total. The first kappa shape index (κ1) is 27.3. The van der Waals surface area contributed by atoms with Gasteiger partial charge in [0.1, 0.15) is 11.8 Å². The molecular weight excluding hydrogens is 466 g/mol. The van der Waals surface area contributed by atoms with Crippen molar-refractivity contribution in [3.8, 4) is 0 Å². The summed E-state index contributed by atoms with van der Waals surface area (Å²) in [5.41, 5.74) is 2.68. The summed E-state index contributed by atoms with van der Waals surface area (Å²) in [6.07, 6.45) is 11.7. The fraction of sp³-hybridized carbons (Fsp3) is 0.567. The van der Waals surface area contributed by atoms with Gasteiger partial charge in [-0.3, -0.25) is 10.3 Å². The van der Waals surface area contributed by atoms with Crippen LogP contribution >= 0.6 is 0 Å². The minimum atomic E-state index is -0.758. The lowest BCUT2D eigenvalue weighted by atomic mass is 9.84. The highest BCUT2D eigenvalue weighted by Gasteiger charge is 2.27. The van der Waals surface area contributed by atoms with Crippen LogP contribution < -0.4 is 5.32 Å². The van der Waals surface area contributed by atoms with Crippen LogP contribution in [-0.2, 0) is 15.9 Å². The van der Waals surface area contributed by atoms with E-state index in [9.17, 15) is 9.90 Å². The maximum Gasteiger partial charge on any atom is 0.413 e. The largest absolute Gasteiger partial charge is 0.442 e. The van der Waals surface area contributed by atoms with Crippen molar-refractivity contribution < 1.29 is 19.4 Å². The molecule has 0 fully saturated rings. The molecule has 7 nitrogen and oxygen atoms in total. The Labute approximate surface area is 220 Å². The number of ether oxygens (including phenoxy) is 2. The molecule has 0 saturated heterocycles. The zero-order valence-corrected chi connectivity index (χ0v) is 22.5. The highest BCUT2D eigenvalue weighted by atomic mass is 16.6. The molecule has 7 heteroatoms. The molecule has 2 heterocycles. The van der Waals surface area contributed by atoms with Gasteiger partial charge < -0.3 is 14.6 Å². The predicted octanol–water partition coefficient (Wildman–Crippen LogP) is 6.89. The number of aliphatic imine (C=N–C) groups is 1. The fourth-order valence-electron chi connectivity index (χ4n) is 5.40. The highest BCUT2D eigenvalue weighted by molar-refractivity contribution is 5.98.